The van der Waals surface area contributed by atoms with Gasteiger partial charge in [-0.1, -0.05) is 43.8 Å². The molecule has 0 amide bonds. The minimum atomic E-state index is -0.0748. The number of benzene rings is 1. The third-order valence-corrected chi connectivity index (χ3v) is 9.24. The Bertz CT molecular complexity index is 1170. The fourth-order valence-corrected chi connectivity index (χ4v) is 8.16. The van der Waals surface area contributed by atoms with Crippen LogP contribution < -0.4 is 0 Å². The summed E-state index contributed by atoms with van der Waals surface area (Å²) in [6.45, 7) is 4.41. The van der Waals surface area contributed by atoms with Crippen molar-refractivity contribution in [2.75, 3.05) is 5.75 Å². The van der Waals surface area contributed by atoms with Crippen LogP contribution in [0.5, 0.6) is 0 Å². The van der Waals surface area contributed by atoms with Crippen LogP contribution in [0.1, 0.15) is 63.9 Å². The first-order chi connectivity index (χ1) is 16.5. The molecular formula is C28H32N4OS. The molecule has 4 bridgehead atoms. The van der Waals surface area contributed by atoms with E-state index in [0.29, 0.717) is 17.5 Å². The minimum absolute atomic E-state index is 0.0748. The van der Waals surface area contributed by atoms with Gasteiger partial charge in [0.25, 0.3) is 0 Å². The first kappa shape index (κ1) is 22.0. The lowest BCUT2D eigenvalue weighted by molar-refractivity contribution is -0.141. The largest absolute Gasteiger partial charge is 0.298 e. The number of aromatic nitrogens is 4. The summed E-state index contributed by atoms with van der Waals surface area (Å²) in [5.74, 6) is 4.36. The highest BCUT2D eigenvalue weighted by Gasteiger charge is 2.54. The molecule has 2 heterocycles. The Morgan fingerprint density at radius 1 is 1.03 bits per heavy atom. The highest BCUT2D eigenvalue weighted by Crippen LogP contribution is 2.60. The van der Waals surface area contributed by atoms with Crippen molar-refractivity contribution in [2.45, 2.75) is 63.4 Å². The lowest BCUT2D eigenvalue weighted by Gasteiger charge is -2.56. The van der Waals surface area contributed by atoms with E-state index in [1.165, 1.54) is 24.8 Å². The summed E-state index contributed by atoms with van der Waals surface area (Å²) in [6, 6.07) is 12.4. The van der Waals surface area contributed by atoms with Crippen molar-refractivity contribution >= 4 is 17.5 Å². The molecule has 0 aliphatic heterocycles. The summed E-state index contributed by atoms with van der Waals surface area (Å²) in [5, 5.41) is 9.94. The second-order valence-corrected chi connectivity index (χ2v) is 11.9. The normalized spacial score (nSPS) is 27.4. The molecule has 34 heavy (non-hydrogen) atoms. The van der Waals surface area contributed by atoms with E-state index in [4.69, 9.17) is 0 Å². The maximum Gasteiger partial charge on any atom is 0.196 e. The summed E-state index contributed by atoms with van der Waals surface area (Å²) in [4.78, 5) is 18.0. The van der Waals surface area contributed by atoms with Gasteiger partial charge >= 0.3 is 0 Å². The summed E-state index contributed by atoms with van der Waals surface area (Å²) in [7, 11) is 0. The Labute approximate surface area is 205 Å². The topological polar surface area (TPSA) is 60.7 Å². The number of para-hydroxylation sites is 1. The zero-order valence-corrected chi connectivity index (χ0v) is 20.8. The second-order valence-electron chi connectivity index (χ2n) is 11.0. The molecule has 5 nitrogen and oxygen atoms in total. The molecule has 0 unspecified atom stereocenters. The molecule has 4 aliphatic rings. The van der Waals surface area contributed by atoms with Crippen LogP contribution in [-0.2, 0) is 4.79 Å². The van der Waals surface area contributed by atoms with Crippen LogP contribution in [0.4, 0.5) is 0 Å². The van der Waals surface area contributed by atoms with Crippen molar-refractivity contribution in [3.63, 3.8) is 0 Å². The van der Waals surface area contributed by atoms with Crippen molar-refractivity contribution in [2.24, 2.45) is 23.2 Å². The Kier molecular flexibility index (Phi) is 5.59. The van der Waals surface area contributed by atoms with Crippen LogP contribution in [0.3, 0.4) is 0 Å². The fourth-order valence-electron chi connectivity index (χ4n) is 7.18. The van der Waals surface area contributed by atoms with Gasteiger partial charge in [0.2, 0.25) is 0 Å². The molecule has 0 N–H and O–H groups in total. The number of carbonyl (C=O) groups excluding carboxylic acids is 1. The fraction of sp³-hybridized carbons (Fsp3) is 0.500. The molecule has 2 aromatic heterocycles. The quantitative estimate of drug-likeness (QED) is 0.376. The third kappa shape index (κ3) is 3.80. The van der Waals surface area contributed by atoms with Gasteiger partial charge in [-0.05, 0) is 86.0 Å². The lowest BCUT2D eigenvalue weighted by atomic mass is 9.48. The third-order valence-electron chi connectivity index (χ3n) is 8.31. The van der Waals surface area contributed by atoms with Gasteiger partial charge in [0.1, 0.15) is 5.78 Å². The van der Waals surface area contributed by atoms with Crippen LogP contribution in [0, 0.1) is 23.2 Å². The minimum Gasteiger partial charge on any atom is -0.298 e. The van der Waals surface area contributed by atoms with E-state index in [1.54, 1.807) is 18.0 Å². The van der Waals surface area contributed by atoms with E-state index in [-0.39, 0.29) is 5.41 Å². The number of ketones is 1. The summed E-state index contributed by atoms with van der Waals surface area (Å²) >= 11 is 1.55. The molecule has 4 fully saturated rings. The molecule has 176 valence electrons. The molecule has 0 radical (unpaired) electrons. The number of rotatable bonds is 7. The van der Waals surface area contributed by atoms with Crippen molar-refractivity contribution in [1.29, 1.82) is 0 Å². The highest BCUT2D eigenvalue weighted by molar-refractivity contribution is 7.99. The predicted octanol–water partition coefficient (Wildman–Crippen LogP) is 6.33. The molecule has 1 aromatic carbocycles. The van der Waals surface area contributed by atoms with Gasteiger partial charge in [0.15, 0.2) is 11.0 Å². The van der Waals surface area contributed by atoms with Crippen LogP contribution in [0.2, 0.25) is 0 Å². The number of pyridine rings is 1. The van der Waals surface area contributed by atoms with Gasteiger partial charge in [-0.25, -0.2) is 0 Å². The monoisotopic (exact) mass is 472 g/mol. The van der Waals surface area contributed by atoms with E-state index in [2.05, 4.69) is 57.9 Å². The van der Waals surface area contributed by atoms with Gasteiger partial charge in [0, 0.05) is 23.4 Å². The maximum absolute atomic E-state index is 13.7. The van der Waals surface area contributed by atoms with E-state index in [9.17, 15) is 4.79 Å². The molecule has 0 atom stereocenters. The predicted molar refractivity (Wildman–Crippen MR) is 135 cm³/mol. The van der Waals surface area contributed by atoms with Crippen molar-refractivity contribution in [3.05, 3.63) is 54.4 Å². The number of hydrogen-bond acceptors (Lipinski definition) is 5. The first-order valence-corrected chi connectivity index (χ1v) is 13.6. The van der Waals surface area contributed by atoms with E-state index in [0.717, 1.165) is 59.2 Å². The van der Waals surface area contributed by atoms with E-state index < -0.39 is 0 Å². The molecule has 0 spiro atoms. The van der Waals surface area contributed by atoms with Crippen LogP contribution in [0.15, 0.2) is 53.9 Å². The van der Waals surface area contributed by atoms with Gasteiger partial charge in [0.05, 0.1) is 11.4 Å². The van der Waals surface area contributed by atoms with Crippen LogP contribution >= 0.6 is 11.8 Å². The number of hydrogen-bond donors (Lipinski definition) is 0. The number of thioether (sulfide) groups is 1. The zero-order chi connectivity index (χ0) is 23.3. The van der Waals surface area contributed by atoms with Crippen molar-refractivity contribution in [3.8, 4) is 17.1 Å². The Morgan fingerprint density at radius 3 is 2.38 bits per heavy atom. The second kappa shape index (κ2) is 8.63. The van der Waals surface area contributed by atoms with Crippen LogP contribution in [-0.4, -0.2) is 31.3 Å². The molecule has 4 aliphatic carbocycles. The number of nitrogens with zero attached hydrogens (tertiary/aromatic N) is 4. The first-order valence-electron chi connectivity index (χ1n) is 12.6. The lowest BCUT2D eigenvalue weighted by Crippen LogP contribution is -2.50. The standard InChI is InChI=1S/C28H32N4OS/c1-18(2)23-7-3-4-8-24(23)32-26(22-6-5-9-29-16-22)30-31-27(32)34-17-25(33)28-13-19-10-20(14-28)12-21(11-19)15-28/h3-9,16,18-21H,10-15,17H2,1-2H3. The molecule has 3 aromatic rings. The number of Topliss-reactive ketones (excluding diaryl/α,β-unsaturated/α-hetero) is 1. The van der Waals surface area contributed by atoms with Crippen molar-refractivity contribution < 1.29 is 4.79 Å². The summed E-state index contributed by atoms with van der Waals surface area (Å²) in [5.41, 5.74) is 3.16. The van der Waals surface area contributed by atoms with Gasteiger partial charge in [-0.3, -0.25) is 14.3 Å². The summed E-state index contributed by atoms with van der Waals surface area (Å²) in [6.07, 6.45) is 11.0. The number of carbonyl (C=O) groups is 1. The molecular weight excluding hydrogens is 440 g/mol. The average Bonchev–Trinajstić information content (AvgIpc) is 3.26. The van der Waals surface area contributed by atoms with E-state index >= 15 is 0 Å². The van der Waals surface area contributed by atoms with Crippen LogP contribution in [0.25, 0.3) is 17.1 Å². The van der Waals surface area contributed by atoms with Gasteiger partial charge in [-0.15, -0.1) is 10.2 Å². The van der Waals surface area contributed by atoms with Gasteiger partial charge in [-0.2, -0.15) is 0 Å². The maximum atomic E-state index is 13.7. The smallest absolute Gasteiger partial charge is 0.196 e. The Hall–Kier alpha value is -2.47. The molecule has 7 rings (SSSR count). The zero-order valence-electron chi connectivity index (χ0n) is 20.0. The highest BCUT2D eigenvalue weighted by atomic mass is 32.2. The van der Waals surface area contributed by atoms with E-state index in [1.807, 2.05) is 18.3 Å². The molecule has 0 saturated heterocycles. The Balaban J connectivity index is 1.33. The molecule has 4 saturated carbocycles. The van der Waals surface area contributed by atoms with Gasteiger partial charge < -0.3 is 0 Å². The molecule has 6 heteroatoms. The Morgan fingerprint density at radius 2 is 1.74 bits per heavy atom. The average molecular weight is 473 g/mol. The summed E-state index contributed by atoms with van der Waals surface area (Å²) < 4.78 is 2.13. The van der Waals surface area contributed by atoms with Crippen molar-refractivity contribution in [1.82, 2.24) is 19.7 Å². The SMILES string of the molecule is CC(C)c1ccccc1-n1c(SCC(=O)C23CC4CC(CC(C4)C2)C3)nnc1-c1cccnc1.